The lowest BCUT2D eigenvalue weighted by Crippen LogP contribution is -2.25. The quantitative estimate of drug-likeness (QED) is 0.722. The van der Waals surface area contributed by atoms with Crippen LogP contribution in [-0.4, -0.2) is 15.5 Å². The molecule has 3 rings (SSSR count). The Morgan fingerprint density at radius 2 is 1.77 bits per heavy atom. The lowest BCUT2D eigenvalue weighted by Gasteiger charge is -2.10. The number of aromatic nitrogens is 1. The topological polar surface area (TPSA) is 83.1 Å². The zero-order chi connectivity index (χ0) is 18.5. The first-order valence-electron chi connectivity index (χ1n) is 8.11. The van der Waals surface area contributed by atoms with Crippen LogP contribution in [0.2, 0.25) is 0 Å². The van der Waals surface area contributed by atoms with Gasteiger partial charge in [0.25, 0.3) is 5.56 Å². The second-order valence-corrected chi connectivity index (χ2v) is 5.83. The Balaban J connectivity index is 1.97. The van der Waals surface area contributed by atoms with Crippen LogP contribution in [0.25, 0.3) is 0 Å². The predicted molar refractivity (Wildman–Crippen MR) is 97.1 cm³/mol. The highest BCUT2D eigenvalue weighted by Crippen LogP contribution is 2.19. The highest BCUT2D eigenvalue weighted by Gasteiger charge is 2.16. The van der Waals surface area contributed by atoms with Crippen LogP contribution < -0.4 is 5.56 Å². The molecule has 0 aliphatic heterocycles. The number of phenols is 1. The zero-order valence-corrected chi connectivity index (χ0v) is 13.9. The van der Waals surface area contributed by atoms with E-state index in [9.17, 15) is 20.0 Å². The maximum Gasteiger partial charge on any atom is 0.268 e. The van der Waals surface area contributed by atoms with Gasteiger partial charge in [-0.3, -0.25) is 9.59 Å². The number of nitrogens with zero attached hydrogens (tertiary/aromatic N) is 2. The molecule has 1 N–H and O–H groups in total. The summed E-state index contributed by atoms with van der Waals surface area (Å²) in [5, 5.41) is 19.1. The summed E-state index contributed by atoms with van der Waals surface area (Å²) in [5.41, 5.74) is 0.840. The number of aromatic hydroxyl groups is 1. The van der Waals surface area contributed by atoms with Crippen LogP contribution in [0.5, 0.6) is 5.75 Å². The third kappa shape index (κ3) is 3.55. The molecule has 0 atom stereocenters. The summed E-state index contributed by atoms with van der Waals surface area (Å²) >= 11 is 0. The molecule has 1 heterocycles. The summed E-state index contributed by atoms with van der Waals surface area (Å²) in [7, 11) is 0. The number of phenolic OH excluding ortho intramolecular Hbond substituents is 1. The van der Waals surface area contributed by atoms with E-state index in [1.165, 1.54) is 29.0 Å². The van der Waals surface area contributed by atoms with Crippen LogP contribution in [0.1, 0.15) is 27.0 Å². The number of carbonyl (C=O) groups is 1. The van der Waals surface area contributed by atoms with Crippen LogP contribution >= 0.6 is 0 Å². The van der Waals surface area contributed by atoms with Gasteiger partial charge in [-0.05, 0) is 30.2 Å². The van der Waals surface area contributed by atoms with E-state index in [1.807, 2.05) is 36.4 Å². The molecular weight excluding hydrogens is 328 g/mol. The van der Waals surface area contributed by atoms with Crippen molar-refractivity contribution in [1.29, 1.82) is 5.26 Å². The molecule has 5 heteroatoms. The van der Waals surface area contributed by atoms with E-state index in [0.29, 0.717) is 13.0 Å². The van der Waals surface area contributed by atoms with Crippen molar-refractivity contribution in [1.82, 2.24) is 4.57 Å². The molecule has 1 aromatic heterocycles. The molecule has 0 fully saturated rings. The van der Waals surface area contributed by atoms with Crippen LogP contribution in [0, 0.1) is 11.3 Å². The van der Waals surface area contributed by atoms with E-state index in [-0.39, 0.29) is 22.4 Å². The minimum absolute atomic E-state index is 0.0978. The summed E-state index contributed by atoms with van der Waals surface area (Å²) in [6.07, 6.45) is 2.04. The molecule has 0 amide bonds. The first-order valence-corrected chi connectivity index (χ1v) is 8.11. The van der Waals surface area contributed by atoms with Crippen molar-refractivity contribution in [3.05, 3.63) is 99.5 Å². The normalized spacial score (nSPS) is 10.3. The maximum atomic E-state index is 12.7. The number of carbonyl (C=O) groups excluding carboxylic acids is 1. The van der Waals surface area contributed by atoms with Crippen LogP contribution in [0.3, 0.4) is 0 Å². The minimum atomic E-state index is -0.437. The van der Waals surface area contributed by atoms with E-state index >= 15 is 0 Å². The number of hydrogen-bond donors (Lipinski definition) is 1. The van der Waals surface area contributed by atoms with Crippen molar-refractivity contribution in [3.63, 3.8) is 0 Å². The van der Waals surface area contributed by atoms with Gasteiger partial charge >= 0.3 is 0 Å². The molecule has 0 aliphatic carbocycles. The molecule has 2 aromatic carbocycles. The SMILES string of the molecule is N#Cc1cc(C(=O)c2ccccc2O)cn(CCc2ccccc2)c1=O. The Hall–Kier alpha value is -3.65. The fourth-order valence-electron chi connectivity index (χ4n) is 2.72. The highest BCUT2D eigenvalue weighted by atomic mass is 16.3. The second-order valence-electron chi connectivity index (χ2n) is 5.83. The molecule has 26 heavy (non-hydrogen) atoms. The number of nitriles is 1. The van der Waals surface area contributed by atoms with E-state index in [4.69, 9.17) is 0 Å². The fourth-order valence-corrected chi connectivity index (χ4v) is 2.72. The third-order valence-electron chi connectivity index (χ3n) is 4.10. The van der Waals surface area contributed by atoms with Crippen LogP contribution in [0.4, 0.5) is 0 Å². The maximum absolute atomic E-state index is 12.7. The van der Waals surface area contributed by atoms with Crippen molar-refractivity contribution >= 4 is 5.78 Å². The first kappa shape index (κ1) is 17.2. The molecular formula is C21H16N2O3. The molecule has 3 aromatic rings. The van der Waals surface area contributed by atoms with Gasteiger partial charge in [-0.2, -0.15) is 5.26 Å². The molecule has 0 unspecified atom stereocenters. The molecule has 0 radical (unpaired) electrons. The average molecular weight is 344 g/mol. The smallest absolute Gasteiger partial charge is 0.268 e. The number of benzene rings is 2. The lowest BCUT2D eigenvalue weighted by molar-refractivity contribution is 0.103. The van der Waals surface area contributed by atoms with Crippen molar-refractivity contribution in [2.45, 2.75) is 13.0 Å². The standard InChI is InChI=1S/C21H16N2O3/c22-13-16-12-17(20(25)18-8-4-5-9-19(18)24)14-23(21(16)26)11-10-15-6-2-1-3-7-15/h1-9,12,14,24H,10-11H2. The van der Waals surface area contributed by atoms with Gasteiger partial charge in [-0.1, -0.05) is 42.5 Å². The Labute approximate surface area is 150 Å². The zero-order valence-electron chi connectivity index (χ0n) is 13.9. The van der Waals surface area contributed by atoms with E-state index in [2.05, 4.69) is 0 Å². The summed E-state index contributed by atoms with van der Waals surface area (Å²) in [4.78, 5) is 25.1. The Morgan fingerprint density at radius 3 is 2.46 bits per heavy atom. The van der Waals surface area contributed by atoms with E-state index in [1.54, 1.807) is 12.1 Å². The minimum Gasteiger partial charge on any atom is -0.507 e. The van der Waals surface area contributed by atoms with Crippen molar-refractivity contribution in [2.24, 2.45) is 0 Å². The summed E-state index contributed by atoms with van der Waals surface area (Å²) in [6, 6.07) is 18.9. The van der Waals surface area contributed by atoms with Crippen LogP contribution in [0.15, 0.2) is 71.7 Å². The van der Waals surface area contributed by atoms with Crippen LogP contribution in [-0.2, 0) is 13.0 Å². The largest absolute Gasteiger partial charge is 0.507 e. The molecule has 5 nitrogen and oxygen atoms in total. The number of aryl methyl sites for hydroxylation is 2. The molecule has 0 spiro atoms. The number of ketones is 1. The molecule has 0 saturated carbocycles. The lowest BCUT2D eigenvalue weighted by atomic mass is 10.0. The summed E-state index contributed by atoms with van der Waals surface area (Å²) < 4.78 is 1.37. The number of pyridine rings is 1. The molecule has 0 saturated heterocycles. The molecule has 128 valence electrons. The highest BCUT2D eigenvalue weighted by molar-refractivity contribution is 6.10. The van der Waals surface area contributed by atoms with Crippen molar-refractivity contribution in [2.75, 3.05) is 0 Å². The van der Waals surface area contributed by atoms with Gasteiger partial charge in [0.05, 0.1) is 5.56 Å². The number of hydrogen-bond acceptors (Lipinski definition) is 4. The summed E-state index contributed by atoms with van der Waals surface area (Å²) in [6.45, 7) is 0.347. The van der Waals surface area contributed by atoms with Gasteiger partial charge in [-0.15, -0.1) is 0 Å². The second kappa shape index (κ2) is 7.49. The third-order valence-corrected chi connectivity index (χ3v) is 4.10. The van der Waals surface area contributed by atoms with Gasteiger partial charge in [-0.25, -0.2) is 0 Å². The fraction of sp³-hybridized carbons (Fsp3) is 0.0952. The average Bonchev–Trinajstić information content (AvgIpc) is 2.68. The predicted octanol–water partition coefficient (Wildman–Crippen LogP) is 2.90. The Morgan fingerprint density at radius 1 is 1.08 bits per heavy atom. The molecule has 0 bridgehead atoms. The van der Waals surface area contributed by atoms with Crippen molar-refractivity contribution in [3.8, 4) is 11.8 Å². The first-order chi connectivity index (χ1) is 12.6. The van der Waals surface area contributed by atoms with Gasteiger partial charge < -0.3 is 9.67 Å². The van der Waals surface area contributed by atoms with E-state index in [0.717, 1.165) is 5.56 Å². The van der Waals surface area contributed by atoms with Gasteiger partial charge in [0.15, 0.2) is 5.78 Å². The number of para-hydroxylation sites is 1. The monoisotopic (exact) mass is 344 g/mol. The van der Waals surface area contributed by atoms with Gasteiger partial charge in [0.1, 0.15) is 17.4 Å². The van der Waals surface area contributed by atoms with E-state index < -0.39 is 11.3 Å². The Kier molecular flexibility index (Phi) is 4.95. The van der Waals surface area contributed by atoms with Crippen molar-refractivity contribution < 1.29 is 9.90 Å². The summed E-state index contributed by atoms with van der Waals surface area (Å²) in [5.74, 6) is -0.578. The van der Waals surface area contributed by atoms with Gasteiger partial charge in [0.2, 0.25) is 0 Å². The Bertz CT molecular complexity index is 1050. The number of rotatable bonds is 5. The van der Waals surface area contributed by atoms with Gasteiger partial charge in [0, 0.05) is 18.3 Å². The molecule has 0 aliphatic rings.